The molecule has 0 saturated heterocycles. The Bertz CT molecular complexity index is 1680. The number of likely N-dealkylation sites (N-methyl/N-ethyl adjacent to an activating group) is 1. The summed E-state index contributed by atoms with van der Waals surface area (Å²) in [5.74, 6) is -3.11. The van der Waals surface area contributed by atoms with Crippen LogP contribution in [-0.4, -0.2) is 94.4 Å². The van der Waals surface area contributed by atoms with Crippen molar-refractivity contribution < 1.29 is 38.5 Å². The number of hydrogen-bond donors (Lipinski definition) is 5. The van der Waals surface area contributed by atoms with Gasteiger partial charge in [0, 0.05) is 32.2 Å². The molecule has 0 saturated carbocycles. The second-order valence-electron chi connectivity index (χ2n) is 12.9. The number of carboxylic acid groups (broad SMARTS) is 1. The highest BCUT2D eigenvalue weighted by Crippen LogP contribution is 2.17. The van der Waals surface area contributed by atoms with Gasteiger partial charge in [-0.05, 0) is 36.2 Å². The van der Waals surface area contributed by atoms with E-state index < -0.39 is 60.4 Å². The van der Waals surface area contributed by atoms with Crippen LogP contribution in [0.4, 0.5) is 0 Å². The molecule has 50 heavy (non-hydrogen) atoms. The summed E-state index contributed by atoms with van der Waals surface area (Å²) in [5, 5.41) is 25.9. The molecule has 4 heterocycles. The first-order chi connectivity index (χ1) is 24.0. The molecule has 4 unspecified atom stereocenters. The Labute approximate surface area is 290 Å². The Balaban J connectivity index is 1.50. The quantitative estimate of drug-likeness (QED) is 0.225. The van der Waals surface area contributed by atoms with Gasteiger partial charge in [0.05, 0.1) is 18.4 Å². The number of aliphatic carboxylic acids is 1. The Morgan fingerprint density at radius 1 is 1.04 bits per heavy atom. The number of ether oxygens (including phenoxy) is 1. The summed E-state index contributed by atoms with van der Waals surface area (Å²) in [4.78, 5) is 68.6. The molecule has 0 fully saturated rings. The first kappa shape index (κ1) is 36.0. The average Bonchev–Trinajstić information content (AvgIpc) is 3.49. The summed E-state index contributed by atoms with van der Waals surface area (Å²) < 4.78 is 9.24. The number of amides is 4. The number of carbonyl (C=O) groups is 5. The summed E-state index contributed by atoms with van der Waals surface area (Å²) in [6.07, 6.45) is 1.91. The van der Waals surface area contributed by atoms with Gasteiger partial charge in [0.2, 0.25) is 17.7 Å². The van der Waals surface area contributed by atoms with E-state index in [0.29, 0.717) is 36.6 Å². The van der Waals surface area contributed by atoms with Gasteiger partial charge in [-0.15, -0.1) is 9.36 Å². The molecule has 3 aliphatic rings. The molecular formula is C35H45N8O7+. The number of carboxylic acids is 1. The summed E-state index contributed by atoms with van der Waals surface area (Å²) in [5.41, 5.74) is 2.08. The number of fused-ring (bicyclic) bond motifs is 12. The maximum Gasteiger partial charge on any atom is 0.326 e. The van der Waals surface area contributed by atoms with Gasteiger partial charge in [-0.25, -0.2) is 4.79 Å². The highest BCUT2D eigenvalue weighted by molar-refractivity contribution is 5.94. The minimum absolute atomic E-state index is 0.00713. The SMILES string of the molecule is CNC1C(=O)NC(C(C)C)C(=O)N2CCc3c[n+](nn31)CCCOc1ccc(cc1)CC(C(=O)O)NC(=O)C(Cc1ccccc1)NC(=O)C2. The number of nitrogens with one attached hydrogen (secondary N) is 4. The van der Waals surface area contributed by atoms with Crippen LogP contribution in [0.5, 0.6) is 5.75 Å². The molecule has 5 bridgehead atoms. The van der Waals surface area contributed by atoms with Crippen LogP contribution >= 0.6 is 0 Å². The van der Waals surface area contributed by atoms with E-state index in [0.717, 1.165) is 5.56 Å². The molecule has 15 heteroatoms. The van der Waals surface area contributed by atoms with E-state index in [4.69, 9.17) is 4.74 Å². The number of benzene rings is 2. The monoisotopic (exact) mass is 689 g/mol. The van der Waals surface area contributed by atoms with Gasteiger partial charge in [0.15, 0.2) is 11.9 Å². The third-order valence-corrected chi connectivity index (χ3v) is 8.80. The van der Waals surface area contributed by atoms with E-state index in [1.54, 1.807) is 78.8 Å². The van der Waals surface area contributed by atoms with Crippen molar-refractivity contribution in [3.63, 3.8) is 0 Å². The summed E-state index contributed by atoms with van der Waals surface area (Å²) in [6, 6.07) is 12.7. The molecule has 0 spiro atoms. The van der Waals surface area contributed by atoms with Crippen molar-refractivity contribution in [3.8, 4) is 5.75 Å². The zero-order valence-electron chi connectivity index (χ0n) is 28.5. The van der Waals surface area contributed by atoms with Crippen LogP contribution in [0.2, 0.25) is 0 Å². The molecule has 0 aliphatic carbocycles. The van der Waals surface area contributed by atoms with Crippen molar-refractivity contribution in [2.24, 2.45) is 5.92 Å². The van der Waals surface area contributed by atoms with Gasteiger partial charge >= 0.3 is 5.97 Å². The van der Waals surface area contributed by atoms with Crippen molar-refractivity contribution in [2.75, 3.05) is 26.7 Å². The summed E-state index contributed by atoms with van der Waals surface area (Å²) in [6.45, 7) is 4.20. The fourth-order valence-electron chi connectivity index (χ4n) is 6.09. The van der Waals surface area contributed by atoms with Crippen molar-refractivity contribution in [2.45, 2.75) is 70.4 Å². The maximum absolute atomic E-state index is 14.0. The van der Waals surface area contributed by atoms with E-state index in [-0.39, 0.29) is 31.7 Å². The number of rotatable bonds is 5. The number of aromatic nitrogens is 3. The molecule has 1 aromatic heterocycles. The fourth-order valence-corrected chi connectivity index (χ4v) is 6.09. The lowest BCUT2D eigenvalue weighted by molar-refractivity contribution is -0.755. The Hall–Kier alpha value is -5.31. The zero-order valence-corrected chi connectivity index (χ0v) is 28.5. The van der Waals surface area contributed by atoms with Crippen molar-refractivity contribution in [1.82, 2.24) is 36.1 Å². The van der Waals surface area contributed by atoms with Gasteiger partial charge < -0.3 is 30.7 Å². The first-order valence-corrected chi connectivity index (χ1v) is 16.8. The molecule has 5 N–H and O–H groups in total. The first-order valence-electron chi connectivity index (χ1n) is 16.8. The average molecular weight is 690 g/mol. The second kappa shape index (κ2) is 16.4. The fraction of sp³-hybridized carbons (Fsp3) is 0.457. The predicted molar refractivity (Wildman–Crippen MR) is 179 cm³/mol. The van der Waals surface area contributed by atoms with E-state index >= 15 is 0 Å². The van der Waals surface area contributed by atoms with Crippen molar-refractivity contribution >= 4 is 29.6 Å². The third-order valence-electron chi connectivity index (χ3n) is 8.80. The minimum atomic E-state index is -1.27. The zero-order chi connectivity index (χ0) is 35.8. The van der Waals surface area contributed by atoms with Crippen LogP contribution in [-0.2, 0) is 49.8 Å². The van der Waals surface area contributed by atoms with Crippen LogP contribution in [0.3, 0.4) is 0 Å². The summed E-state index contributed by atoms with van der Waals surface area (Å²) >= 11 is 0. The highest BCUT2D eigenvalue weighted by Gasteiger charge is 2.38. The van der Waals surface area contributed by atoms with Crippen LogP contribution < -0.4 is 30.7 Å². The number of hydrogen-bond acceptors (Lipinski definition) is 8. The lowest BCUT2D eigenvalue weighted by Gasteiger charge is -2.31. The van der Waals surface area contributed by atoms with Crippen LogP contribution in [0.25, 0.3) is 0 Å². The molecule has 3 aliphatic heterocycles. The molecule has 0 radical (unpaired) electrons. The van der Waals surface area contributed by atoms with E-state index in [2.05, 4.69) is 26.5 Å². The molecule has 2 aromatic carbocycles. The largest absolute Gasteiger partial charge is 0.493 e. The van der Waals surface area contributed by atoms with Gasteiger partial charge in [-0.1, -0.05) is 56.3 Å². The van der Waals surface area contributed by atoms with Gasteiger partial charge in [-0.3, -0.25) is 24.5 Å². The van der Waals surface area contributed by atoms with Crippen molar-refractivity contribution in [3.05, 3.63) is 77.6 Å². The molecule has 4 atom stereocenters. The highest BCUT2D eigenvalue weighted by atomic mass is 16.5. The maximum atomic E-state index is 14.0. The minimum Gasteiger partial charge on any atom is -0.493 e. The lowest BCUT2D eigenvalue weighted by Crippen LogP contribution is -2.58. The van der Waals surface area contributed by atoms with Crippen LogP contribution in [0.15, 0.2) is 60.8 Å². The van der Waals surface area contributed by atoms with Gasteiger partial charge in [-0.2, -0.15) is 0 Å². The van der Waals surface area contributed by atoms with E-state index in [1.165, 1.54) is 4.90 Å². The van der Waals surface area contributed by atoms with E-state index in [1.807, 2.05) is 12.3 Å². The molecule has 3 aromatic rings. The Morgan fingerprint density at radius 2 is 1.78 bits per heavy atom. The number of carbonyl (C=O) groups excluding carboxylic acids is 4. The molecule has 15 nitrogen and oxygen atoms in total. The van der Waals surface area contributed by atoms with E-state index in [9.17, 15) is 29.1 Å². The van der Waals surface area contributed by atoms with Crippen molar-refractivity contribution in [1.29, 1.82) is 0 Å². The van der Waals surface area contributed by atoms with Crippen LogP contribution in [0.1, 0.15) is 43.3 Å². The normalized spacial score (nSPS) is 22.6. The number of aryl methyl sites for hydroxylation is 1. The van der Waals surface area contributed by atoms with Crippen LogP contribution in [0, 0.1) is 5.92 Å². The molecule has 4 amide bonds. The Kier molecular flexibility index (Phi) is 11.8. The molecule has 6 rings (SSSR count). The number of nitrogens with zero attached hydrogens (tertiary/aromatic N) is 4. The summed E-state index contributed by atoms with van der Waals surface area (Å²) in [7, 11) is 1.64. The van der Waals surface area contributed by atoms with Gasteiger partial charge in [0.25, 0.3) is 12.1 Å². The molecular weight excluding hydrogens is 644 g/mol. The lowest BCUT2D eigenvalue weighted by atomic mass is 10.0. The smallest absolute Gasteiger partial charge is 0.326 e. The van der Waals surface area contributed by atoms with Gasteiger partial charge in [0.1, 0.15) is 30.4 Å². The topological polar surface area (TPSA) is 188 Å². The second-order valence-corrected chi connectivity index (χ2v) is 12.9. The third kappa shape index (κ3) is 9.02. The standard InChI is InChI=1S/C35H44N8O7/c1-22(2)30-34(47)41-16-14-25-20-42(40-43(25)31(36-3)33(46)39-30)15-7-17-50-26-12-10-24(11-13-26)19-28(35(48)49)38-32(45)27(37-29(44)21-41)18-23-8-5-4-6-9-23/h4-6,8-13,20,22,27-28,30-31,36H,7,14-19,21H2,1-3H3,(H3-,37,38,39,44,45,46,48,49)/p+1. The molecule has 266 valence electrons. The predicted octanol–water partition coefficient (Wildman–Crippen LogP) is -0.264. The Morgan fingerprint density at radius 3 is 2.46 bits per heavy atom.